The molecule has 1 amide bonds. The number of aromatic nitrogens is 2. The Kier molecular flexibility index (Phi) is 5.17. The van der Waals surface area contributed by atoms with Crippen LogP contribution in [0, 0.1) is 5.92 Å². The number of benzene rings is 1. The van der Waals surface area contributed by atoms with E-state index in [0.717, 1.165) is 4.47 Å². The Balaban J connectivity index is 1.72. The second-order valence-electron chi connectivity index (χ2n) is 6.02. The molecule has 2 heterocycles. The fraction of sp³-hybridized carbons (Fsp3) is 0.412. The van der Waals surface area contributed by atoms with Crippen LogP contribution in [0.4, 0.5) is 0 Å². The van der Waals surface area contributed by atoms with Crippen LogP contribution in [0.25, 0.3) is 10.9 Å². The molecule has 8 heteroatoms. The molecule has 0 unspecified atom stereocenters. The number of fused-ring (bicyclic) bond motifs is 1. The maximum atomic E-state index is 12.5. The number of carbonyl (C=O) groups is 2. The minimum Gasteiger partial charge on any atom is -0.469 e. The van der Waals surface area contributed by atoms with Gasteiger partial charge in [0.05, 0.1) is 30.3 Å². The molecule has 2 aromatic rings. The largest absolute Gasteiger partial charge is 0.469 e. The fourth-order valence-corrected chi connectivity index (χ4v) is 3.38. The van der Waals surface area contributed by atoms with Gasteiger partial charge in [-0.2, -0.15) is 0 Å². The Morgan fingerprint density at radius 3 is 2.72 bits per heavy atom. The van der Waals surface area contributed by atoms with E-state index in [9.17, 15) is 14.4 Å². The van der Waals surface area contributed by atoms with Gasteiger partial charge >= 0.3 is 5.97 Å². The molecule has 132 valence electrons. The Morgan fingerprint density at radius 2 is 2.04 bits per heavy atom. The van der Waals surface area contributed by atoms with E-state index in [0.29, 0.717) is 36.8 Å². The van der Waals surface area contributed by atoms with Gasteiger partial charge in [0.15, 0.2) is 0 Å². The van der Waals surface area contributed by atoms with Crippen molar-refractivity contribution in [3.05, 3.63) is 39.4 Å². The maximum Gasteiger partial charge on any atom is 0.308 e. The van der Waals surface area contributed by atoms with Crippen LogP contribution in [-0.4, -0.2) is 46.5 Å². The van der Waals surface area contributed by atoms with E-state index < -0.39 is 0 Å². The van der Waals surface area contributed by atoms with E-state index in [1.54, 1.807) is 17.0 Å². The second kappa shape index (κ2) is 7.35. The van der Waals surface area contributed by atoms with E-state index in [1.165, 1.54) is 18.0 Å². The van der Waals surface area contributed by atoms with Gasteiger partial charge < -0.3 is 9.64 Å². The monoisotopic (exact) mass is 407 g/mol. The van der Waals surface area contributed by atoms with Gasteiger partial charge in [0.25, 0.3) is 5.56 Å². The van der Waals surface area contributed by atoms with Gasteiger partial charge in [0.2, 0.25) is 5.91 Å². The van der Waals surface area contributed by atoms with E-state index in [1.807, 2.05) is 6.07 Å². The molecular formula is C17H18BrN3O4. The minimum atomic E-state index is -0.246. The summed E-state index contributed by atoms with van der Waals surface area (Å²) in [6.07, 6.45) is 2.56. The molecule has 0 bridgehead atoms. The lowest BCUT2D eigenvalue weighted by Gasteiger charge is -2.30. The minimum absolute atomic E-state index is 0.0584. The molecule has 0 atom stereocenters. The van der Waals surface area contributed by atoms with Crippen molar-refractivity contribution < 1.29 is 14.3 Å². The molecule has 1 aromatic heterocycles. The zero-order chi connectivity index (χ0) is 18.0. The third kappa shape index (κ3) is 3.73. The third-order valence-electron chi connectivity index (χ3n) is 4.47. The highest BCUT2D eigenvalue weighted by Gasteiger charge is 2.28. The normalized spacial score (nSPS) is 15.4. The zero-order valence-electron chi connectivity index (χ0n) is 13.8. The van der Waals surface area contributed by atoms with E-state index in [-0.39, 0.29) is 29.9 Å². The molecule has 7 nitrogen and oxygen atoms in total. The van der Waals surface area contributed by atoms with Crippen molar-refractivity contribution in [2.24, 2.45) is 5.92 Å². The van der Waals surface area contributed by atoms with Gasteiger partial charge in [-0.05, 0) is 31.0 Å². The number of carbonyl (C=O) groups excluding carboxylic acids is 2. The first-order valence-electron chi connectivity index (χ1n) is 8.00. The molecule has 1 aliphatic rings. The molecule has 1 aliphatic heterocycles. The summed E-state index contributed by atoms with van der Waals surface area (Å²) in [5, 5.41) is 0.467. The first-order chi connectivity index (χ1) is 12.0. The van der Waals surface area contributed by atoms with Crippen LogP contribution >= 0.6 is 15.9 Å². The number of nitrogens with zero attached hydrogens (tertiary/aromatic N) is 3. The van der Waals surface area contributed by atoms with Crippen LogP contribution in [0.3, 0.4) is 0 Å². The molecule has 1 fully saturated rings. The molecule has 0 aliphatic carbocycles. The molecule has 1 aromatic carbocycles. The van der Waals surface area contributed by atoms with Crippen LogP contribution in [0.2, 0.25) is 0 Å². The second-order valence-corrected chi connectivity index (χ2v) is 6.93. The zero-order valence-corrected chi connectivity index (χ0v) is 15.4. The number of piperidine rings is 1. The van der Waals surface area contributed by atoms with Crippen molar-refractivity contribution in [1.82, 2.24) is 14.5 Å². The van der Waals surface area contributed by atoms with Crippen molar-refractivity contribution in [2.45, 2.75) is 19.4 Å². The number of hydrogen-bond acceptors (Lipinski definition) is 5. The average molecular weight is 408 g/mol. The van der Waals surface area contributed by atoms with Gasteiger partial charge in [0, 0.05) is 17.6 Å². The van der Waals surface area contributed by atoms with Crippen molar-refractivity contribution >= 4 is 38.7 Å². The molecule has 0 radical (unpaired) electrons. The van der Waals surface area contributed by atoms with Crippen LogP contribution in [0.1, 0.15) is 12.8 Å². The van der Waals surface area contributed by atoms with Crippen LogP contribution in [-0.2, 0) is 20.9 Å². The summed E-state index contributed by atoms with van der Waals surface area (Å²) in [6.45, 7) is 0.914. The predicted octanol–water partition coefficient (Wildman–Crippen LogP) is 1.57. The first-order valence-corrected chi connectivity index (χ1v) is 8.79. The molecule has 3 rings (SSSR count). The number of hydrogen-bond donors (Lipinski definition) is 0. The van der Waals surface area contributed by atoms with Crippen LogP contribution < -0.4 is 5.56 Å². The lowest BCUT2D eigenvalue weighted by atomic mass is 9.97. The number of esters is 1. The summed E-state index contributed by atoms with van der Waals surface area (Å²) >= 11 is 3.34. The molecule has 0 N–H and O–H groups in total. The topological polar surface area (TPSA) is 81.5 Å². The van der Waals surface area contributed by atoms with Gasteiger partial charge in [-0.15, -0.1) is 0 Å². The molecule has 0 saturated carbocycles. The van der Waals surface area contributed by atoms with Crippen LogP contribution in [0.15, 0.2) is 33.8 Å². The SMILES string of the molecule is COC(=O)C1CCN(C(=O)Cn2cnc3ccc(Br)cc3c2=O)CC1. The van der Waals surface area contributed by atoms with Gasteiger partial charge in [-0.3, -0.25) is 19.0 Å². The van der Waals surface area contributed by atoms with Gasteiger partial charge in [0.1, 0.15) is 6.54 Å². The molecule has 1 saturated heterocycles. The van der Waals surface area contributed by atoms with Gasteiger partial charge in [-0.25, -0.2) is 4.98 Å². The van der Waals surface area contributed by atoms with Crippen LogP contribution in [0.5, 0.6) is 0 Å². The lowest BCUT2D eigenvalue weighted by molar-refractivity contribution is -0.149. The fourth-order valence-electron chi connectivity index (χ4n) is 3.02. The first kappa shape index (κ1) is 17.6. The Morgan fingerprint density at radius 1 is 1.32 bits per heavy atom. The smallest absolute Gasteiger partial charge is 0.308 e. The number of likely N-dealkylation sites (tertiary alicyclic amines) is 1. The number of halogens is 1. The highest BCUT2D eigenvalue weighted by Crippen LogP contribution is 2.19. The summed E-state index contributed by atoms with van der Waals surface area (Å²) in [4.78, 5) is 42.5. The van der Waals surface area contributed by atoms with E-state index >= 15 is 0 Å². The molecule has 0 spiro atoms. The van der Waals surface area contributed by atoms with Crippen molar-refractivity contribution in [3.8, 4) is 0 Å². The average Bonchev–Trinajstić information content (AvgIpc) is 2.64. The Hall–Kier alpha value is -2.22. The summed E-state index contributed by atoms with van der Waals surface area (Å²) < 4.78 is 6.86. The highest BCUT2D eigenvalue weighted by atomic mass is 79.9. The number of methoxy groups -OCH3 is 1. The Bertz CT molecular complexity index is 872. The van der Waals surface area contributed by atoms with E-state index in [2.05, 4.69) is 20.9 Å². The van der Waals surface area contributed by atoms with Crippen molar-refractivity contribution in [1.29, 1.82) is 0 Å². The highest BCUT2D eigenvalue weighted by molar-refractivity contribution is 9.10. The quantitative estimate of drug-likeness (QED) is 0.721. The summed E-state index contributed by atoms with van der Waals surface area (Å²) in [7, 11) is 1.37. The van der Waals surface area contributed by atoms with Crippen molar-refractivity contribution in [2.75, 3.05) is 20.2 Å². The lowest BCUT2D eigenvalue weighted by Crippen LogP contribution is -2.43. The number of amides is 1. The predicted molar refractivity (Wildman–Crippen MR) is 95.0 cm³/mol. The molecule has 25 heavy (non-hydrogen) atoms. The molecular weight excluding hydrogens is 390 g/mol. The summed E-state index contributed by atoms with van der Waals surface area (Å²) in [5.41, 5.74) is 0.347. The van der Waals surface area contributed by atoms with Crippen molar-refractivity contribution in [3.63, 3.8) is 0 Å². The van der Waals surface area contributed by atoms with E-state index in [4.69, 9.17) is 4.74 Å². The maximum absolute atomic E-state index is 12.5. The Labute approximate surface area is 152 Å². The standard InChI is InChI=1S/C17H18BrN3O4/c1-25-17(24)11-4-6-20(7-5-11)15(22)9-21-10-19-14-3-2-12(18)8-13(14)16(21)23/h2-3,8,10-11H,4-7,9H2,1H3. The summed E-state index contributed by atoms with van der Waals surface area (Å²) in [6, 6.07) is 5.27. The number of ether oxygens (including phenoxy) is 1. The van der Waals surface area contributed by atoms with Gasteiger partial charge in [-0.1, -0.05) is 15.9 Å². The summed E-state index contributed by atoms with van der Waals surface area (Å²) in [5.74, 6) is -0.536. The third-order valence-corrected chi connectivity index (χ3v) is 4.97. The number of rotatable bonds is 3.